The maximum Gasteiger partial charge on any atom is 0.330 e. The van der Waals surface area contributed by atoms with Gasteiger partial charge in [0.25, 0.3) is 0 Å². The van der Waals surface area contributed by atoms with Crippen LogP contribution in [0.15, 0.2) is 24.3 Å². The van der Waals surface area contributed by atoms with Gasteiger partial charge in [0.2, 0.25) is 0 Å². The minimum Gasteiger partial charge on any atom is -0.504 e. The zero-order chi connectivity index (χ0) is 22.3. The van der Waals surface area contributed by atoms with Gasteiger partial charge in [0.1, 0.15) is 37.1 Å². The molecule has 1 fully saturated rings. The molecule has 168 valence electrons. The van der Waals surface area contributed by atoms with Crippen molar-refractivity contribution in [2.75, 3.05) is 26.9 Å². The van der Waals surface area contributed by atoms with E-state index in [0.717, 1.165) is 6.08 Å². The molecule has 0 spiro atoms. The summed E-state index contributed by atoms with van der Waals surface area (Å²) in [6.45, 7) is -1.43. The van der Waals surface area contributed by atoms with Crippen LogP contribution in [-0.2, 0) is 19.0 Å². The minimum absolute atomic E-state index is 0.0419. The number of phenolic OH excluding ortho intramolecular Hbond substituents is 1. The molecule has 1 heterocycles. The van der Waals surface area contributed by atoms with E-state index in [9.17, 15) is 30.3 Å². The van der Waals surface area contributed by atoms with Crippen LogP contribution in [0.3, 0.4) is 0 Å². The second-order valence-electron chi connectivity index (χ2n) is 6.58. The average Bonchev–Trinajstić information content (AvgIpc) is 2.75. The van der Waals surface area contributed by atoms with E-state index in [1.54, 1.807) is 6.07 Å². The fraction of sp³-hybridized carbons (Fsp3) is 0.526. The van der Waals surface area contributed by atoms with Gasteiger partial charge < -0.3 is 49.6 Å². The van der Waals surface area contributed by atoms with Crippen LogP contribution in [-0.4, -0.2) is 100 Å². The van der Waals surface area contributed by atoms with Crippen molar-refractivity contribution < 1.29 is 54.4 Å². The number of hydrogen-bond acceptors (Lipinski definition) is 11. The largest absolute Gasteiger partial charge is 0.504 e. The first-order valence-electron chi connectivity index (χ1n) is 9.08. The van der Waals surface area contributed by atoms with E-state index in [-0.39, 0.29) is 11.5 Å². The van der Waals surface area contributed by atoms with Crippen LogP contribution in [0.4, 0.5) is 0 Å². The second-order valence-corrected chi connectivity index (χ2v) is 6.58. The minimum atomic E-state index is -1.60. The van der Waals surface area contributed by atoms with Crippen molar-refractivity contribution in [2.24, 2.45) is 0 Å². The summed E-state index contributed by atoms with van der Waals surface area (Å²) in [6.07, 6.45) is -5.94. The average molecular weight is 430 g/mol. The molecule has 6 unspecified atom stereocenters. The fourth-order valence-corrected chi connectivity index (χ4v) is 2.65. The number of methoxy groups -OCH3 is 1. The molecule has 0 bridgehead atoms. The van der Waals surface area contributed by atoms with E-state index in [2.05, 4.69) is 0 Å². The molecule has 0 aliphatic carbocycles. The Morgan fingerprint density at radius 3 is 2.60 bits per heavy atom. The highest BCUT2D eigenvalue weighted by Crippen LogP contribution is 2.26. The molecule has 6 atom stereocenters. The number of hydrogen-bond donors (Lipinski definition) is 6. The smallest absolute Gasteiger partial charge is 0.330 e. The predicted molar refractivity (Wildman–Crippen MR) is 100 cm³/mol. The van der Waals surface area contributed by atoms with Gasteiger partial charge in [-0.05, 0) is 23.8 Å². The molecule has 30 heavy (non-hydrogen) atoms. The highest BCUT2D eigenvalue weighted by molar-refractivity contribution is 5.87. The standard InChI is InChI=1S/C19H26O11/c1-27-13-6-10(2-4-12(13)22)3-5-15(23)28-8-11(21)9-29-19-18(26)17(25)16(24)14(7-20)30-19/h2-6,11,14,16-22,24-26H,7-9H2,1H3. The SMILES string of the molecule is COc1cc(C=CC(=O)OCC(O)COC2OC(CO)C(O)C(O)C2O)ccc1O. The molecule has 0 amide bonds. The van der Waals surface area contributed by atoms with Crippen LogP contribution in [0.25, 0.3) is 6.08 Å². The Morgan fingerprint density at radius 1 is 1.20 bits per heavy atom. The van der Waals surface area contributed by atoms with Crippen molar-refractivity contribution in [1.29, 1.82) is 0 Å². The summed E-state index contributed by atoms with van der Waals surface area (Å²) < 4.78 is 20.1. The number of carbonyl (C=O) groups excluding carboxylic acids is 1. The van der Waals surface area contributed by atoms with Gasteiger partial charge in [0, 0.05) is 6.08 Å². The lowest BCUT2D eigenvalue weighted by atomic mass is 9.99. The van der Waals surface area contributed by atoms with Crippen molar-refractivity contribution in [3.05, 3.63) is 29.8 Å². The normalized spacial score (nSPS) is 27.7. The van der Waals surface area contributed by atoms with Crippen LogP contribution in [0.1, 0.15) is 5.56 Å². The van der Waals surface area contributed by atoms with Gasteiger partial charge in [0.15, 0.2) is 17.8 Å². The van der Waals surface area contributed by atoms with Crippen LogP contribution < -0.4 is 4.74 Å². The molecule has 1 aromatic rings. The fourth-order valence-electron chi connectivity index (χ4n) is 2.65. The Labute approximate surface area is 172 Å². The van der Waals surface area contributed by atoms with Crippen LogP contribution in [0, 0.1) is 0 Å². The van der Waals surface area contributed by atoms with Crippen LogP contribution >= 0.6 is 0 Å². The number of aliphatic hydroxyl groups is 5. The lowest BCUT2D eigenvalue weighted by molar-refractivity contribution is -0.304. The summed E-state index contributed by atoms with van der Waals surface area (Å²) >= 11 is 0. The Morgan fingerprint density at radius 2 is 1.93 bits per heavy atom. The summed E-state index contributed by atoms with van der Waals surface area (Å²) in [6, 6.07) is 4.48. The first-order valence-corrected chi connectivity index (χ1v) is 9.08. The quantitative estimate of drug-likeness (QED) is 0.191. The molecule has 2 rings (SSSR count). The maximum atomic E-state index is 11.8. The number of esters is 1. The van der Waals surface area contributed by atoms with E-state index < -0.39 is 62.6 Å². The number of ether oxygens (including phenoxy) is 4. The number of aliphatic hydroxyl groups excluding tert-OH is 5. The van der Waals surface area contributed by atoms with Gasteiger partial charge in [-0.1, -0.05) is 6.07 Å². The number of phenols is 1. The Hall–Kier alpha value is -2.25. The summed E-state index contributed by atoms with van der Waals surface area (Å²) in [5, 5.41) is 57.7. The van der Waals surface area contributed by atoms with Gasteiger partial charge in [0.05, 0.1) is 20.3 Å². The first kappa shape index (κ1) is 24.0. The Balaban J connectivity index is 1.77. The van der Waals surface area contributed by atoms with Gasteiger partial charge in [-0.15, -0.1) is 0 Å². The third kappa shape index (κ3) is 6.37. The molecular weight excluding hydrogens is 404 g/mol. The van der Waals surface area contributed by atoms with Gasteiger partial charge in [-0.3, -0.25) is 0 Å². The monoisotopic (exact) mass is 430 g/mol. The molecule has 1 saturated heterocycles. The summed E-state index contributed by atoms with van der Waals surface area (Å²) in [4.78, 5) is 11.8. The third-order valence-electron chi connectivity index (χ3n) is 4.33. The van der Waals surface area contributed by atoms with Crippen molar-refractivity contribution in [1.82, 2.24) is 0 Å². The van der Waals surface area contributed by atoms with E-state index >= 15 is 0 Å². The summed E-state index contributed by atoms with van der Waals surface area (Å²) in [5.41, 5.74) is 0.577. The first-order chi connectivity index (χ1) is 14.3. The van der Waals surface area contributed by atoms with E-state index in [4.69, 9.17) is 24.1 Å². The van der Waals surface area contributed by atoms with Crippen LogP contribution in [0.2, 0.25) is 0 Å². The Kier molecular flexibility index (Phi) is 8.99. The molecule has 0 saturated carbocycles. The summed E-state index contributed by atoms with van der Waals surface area (Å²) in [7, 11) is 1.39. The van der Waals surface area contributed by atoms with Crippen molar-refractivity contribution in [2.45, 2.75) is 36.8 Å². The number of aromatic hydroxyl groups is 1. The molecule has 0 radical (unpaired) electrons. The molecule has 11 nitrogen and oxygen atoms in total. The lowest BCUT2D eigenvalue weighted by Gasteiger charge is -2.39. The molecule has 1 aliphatic heterocycles. The van der Waals surface area contributed by atoms with Crippen molar-refractivity contribution in [3.8, 4) is 11.5 Å². The predicted octanol–water partition coefficient (Wildman–Crippen LogP) is -1.87. The Bertz CT molecular complexity index is 720. The van der Waals surface area contributed by atoms with Gasteiger partial charge >= 0.3 is 5.97 Å². The van der Waals surface area contributed by atoms with Crippen molar-refractivity contribution in [3.63, 3.8) is 0 Å². The van der Waals surface area contributed by atoms with E-state index in [0.29, 0.717) is 5.56 Å². The highest BCUT2D eigenvalue weighted by atomic mass is 16.7. The molecule has 1 aromatic carbocycles. The lowest BCUT2D eigenvalue weighted by Crippen LogP contribution is -2.59. The highest BCUT2D eigenvalue weighted by Gasteiger charge is 2.44. The van der Waals surface area contributed by atoms with E-state index in [1.807, 2.05) is 0 Å². The summed E-state index contributed by atoms with van der Waals surface area (Å²) in [5.74, 6) is -0.542. The van der Waals surface area contributed by atoms with Gasteiger partial charge in [-0.2, -0.15) is 0 Å². The van der Waals surface area contributed by atoms with E-state index in [1.165, 1.54) is 25.3 Å². The number of benzene rings is 1. The number of rotatable bonds is 9. The second kappa shape index (κ2) is 11.2. The molecule has 1 aliphatic rings. The molecule has 11 heteroatoms. The zero-order valence-electron chi connectivity index (χ0n) is 16.2. The number of carbonyl (C=O) groups is 1. The maximum absolute atomic E-state index is 11.8. The van der Waals surface area contributed by atoms with Crippen LogP contribution in [0.5, 0.6) is 11.5 Å². The molecular formula is C19H26O11. The topological polar surface area (TPSA) is 175 Å². The van der Waals surface area contributed by atoms with Gasteiger partial charge in [-0.25, -0.2) is 4.79 Å². The zero-order valence-corrected chi connectivity index (χ0v) is 16.2. The third-order valence-corrected chi connectivity index (χ3v) is 4.33. The molecule has 0 aromatic heterocycles. The molecule has 6 N–H and O–H groups in total. The van der Waals surface area contributed by atoms with Crippen molar-refractivity contribution >= 4 is 12.0 Å².